The minimum absolute atomic E-state index is 0.0306. The van der Waals surface area contributed by atoms with Crippen molar-refractivity contribution in [3.63, 3.8) is 0 Å². The number of carbonyl (C=O) groups is 1. The van der Waals surface area contributed by atoms with Crippen LogP contribution in [-0.2, 0) is 10.3 Å². The van der Waals surface area contributed by atoms with Gasteiger partial charge in [-0.25, -0.2) is 0 Å². The second-order valence-electron chi connectivity index (χ2n) is 6.87. The molecule has 2 rings (SSSR count). The first-order valence-corrected chi connectivity index (χ1v) is 7.52. The van der Waals surface area contributed by atoms with E-state index in [1.807, 2.05) is 20.8 Å². The number of amides is 1. The van der Waals surface area contributed by atoms with Crippen LogP contribution in [0, 0.1) is 11.8 Å². The SMILES string of the molecule is CC(C)(C)n1cc(NC(=O)[C@H]2CCCC[C@H]2C(F)(F)F)cn1. The summed E-state index contributed by atoms with van der Waals surface area (Å²) in [5.41, 5.74) is 0.189. The Morgan fingerprint density at radius 2 is 1.91 bits per heavy atom. The summed E-state index contributed by atoms with van der Waals surface area (Å²) in [6.45, 7) is 5.85. The first-order chi connectivity index (χ1) is 10.1. The molecule has 1 fully saturated rings. The number of anilines is 1. The highest BCUT2D eigenvalue weighted by molar-refractivity contribution is 5.92. The monoisotopic (exact) mass is 317 g/mol. The molecule has 0 unspecified atom stereocenters. The van der Waals surface area contributed by atoms with Gasteiger partial charge in [0.15, 0.2) is 0 Å². The van der Waals surface area contributed by atoms with Crippen LogP contribution in [0.2, 0.25) is 0 Å². The van der Waals surface area contributed by atoms with Crippen LogP contribution in [0.25, 0.3) is 0 Å². The summed E-state index contributed by atoms with van der Waals surface area (Å²) in [4.78, 5) is 12.2. The van der Waals surface area contributed by atoms with Crippen molar-refractivity contribution in [1.29, 1.82) is 0 Å². The average molecular weight is 317 g/mol. The second-order valence-corrected chi connectivity index (χ2v) is 6.87. The van der Waals surface area contributed by atoms with Gasteiger partial charge in [0.05, 0.1) is 23.3 Å². The third kappa shape index (κ3) is 3.81. The molecule has 1 aromatic rings. The van der Waals surface area contributed by atoms with E-state index in [9.17, 15) is 18.0 Å². The zero-order valence-corrected chi connectivity index (χ0v) is 13.1. The van der Waals surface area contributed by atoms with Crippen LogP contribution in [0.15, 0.2) is 12.4 Å². The predicted octanol–water partition coefficient (Wildman–Crippen LogP) is 3.95. The van der Waals surface area contributed by atoms with Crippen LogP contribution < -0.4 is 5.32 Å². The lowest BCUT2D eigenvalue weighted by Gasteiger charge is -2.31. The van der Waals surface area contributed by atoms with E-state index in [1.165, 1.54) is 6.20 Å². The van der Waals surface area contributed by atoms with E-state index in [0.717, 1.165) is 0 Å². The Morgan fingerprint density at radius 3 is 2.45 bits per heavy atom. The van der Waals surface area contributed by atoms with E-state index in [-0.39, 0.29) is 18.4 Å². The molecular formula is C15H22F3N3O. The van der Waals surface area contributed by atoms with Gasteiger partial charge in [-0.2, -0.15) is 18.3 Å². The number of alkyl halides is 3. The minimum atomic E-state index is -4.32. The van der Waals surface area contributed by atoms with Crippen LogP contribution in [0.4, 0.5) is 18.9 Å². The van der Waals surface area contributed by atoms with Gasteiger partial charge >= 0.3 is 6.18 Å². The normalized spacial score (nSPS) is 23.4. The van der Waals surface area contributed by atoms with E-state index in [0.29, 0.717) is 18.5 Å². The maximum absolute atomic E-state index is 13.1. The van der Waals surface area contributed by atoms with E-state index in [1.54, 1.807) is 10.9 Å². The van der Waals surface area contributed by atoms with Crippen LogP contribution >= 0.6 is 0 Å². The van der Waals surface area contributed by atoms with Crippen molar-refractivity contribution in [2.45, 2.75) is 58.2 Å². The molecule has 1 N–H and O–H groups in total. The van der Waals surface area contributed by atoms with Crippen molar-refractivity contribution >= 4 is 11.6 Å². The highest BCUT2D eigenvalue weighted by Gasteiger charge is 2.48. The number of hydrogen-bond acceptors (Lipinski definition) is 2. The summed E-state index contributed by atoms with van der Waals surface area (Å²) in [5, 5.41) is 6.72. The molecule has 1 heterocycles. The van der Waals surface area contributed by atoms with Crippen molar-refractivity contribution in [2.24, 2.45) is 11.8 Å². The van der Waals surface area contributed by atoms with Crippen molar-refractivity contribution in [3.8, 4) is 0 Å². The van der Waals surface area contributed by atoms with Crippen LogP contribution in [0.3, 0.4) is 0 Å². The summed E-state index contributed by atoms with van der Waals surface area (Å²) >= 11 is 0. The summed E-state index contributed by atoms with van der Waals surface area (Å²) in [7, 11) is 0. The Morgan fingerprint density at radius 1 is 1.27 bits per heavy atom. The first kappa shape index (κ1) is 16.8. The average Bonchev–Trinajstić information content (AvgIpc) is 2.86. The minimum Gasteiger partial charge on any atom is -0.323 e. The standard InChI is InChI=1S/C15H22F3N3O/c1-14(2,3)21-9-10(8-19-21)20-13(22)11-6-4-5-7-12(11)15(16,17)18/h8-9,11-12H,4-7H2,1-3H3,(H,20,22)/t11-,12+/m0/s1. The molecule has 1 saturated carbocycles. The molecule has 4 nitrogen and oxygen atoms in total. The molecule has 7 heteroatoms. The zero-order chi connectivity index (χ0) is 16.5. The van der Waals surface area contributed by atoms with Crippen molar-refractivity contribution in [3.05, 3.63) is 12.4 Å². The van der Waals surface area contributed by atoms with Gasteiger partial charge in [-0.05, 0) is 33.6 Å². The number of hydrogen-bond donors (Lipinski definition) is 1. The lowest BCUT2D eigenvalue weighted by Crippen LogP contribution is -2.39. The number of nitrogens with zero attached hydrogens (tertiary/aromatic N) is 2. The molecule has 124 valence electrons. The van der Waals surface area contributed by atoms with Crippen molar-refractivity contribution in [1.82, 2.24) is 9.78 Å². The zero-order valence-electron chi connectivity index (χ0n) is 13.1. The highest BCUT2D eigenvalue weighted by Crippen LogP contribution is 2.41. The molecular weight excluding hydrogens is 295 g/mol. The third-order valence-electron chi connectivity index (χ3n) is 4.06. The molecule has 2 atom stereocenters. The maximum Gasteiger partial charge on any atom is 0.392 e. The molecule has 0 saturated heterocycles. The molecule has 0 aromatic carbocycles. The molecule has 1 amide bonds. The van der Waals surface area contributed by atoms with Gasteiger partial charge in [0.1, 0.15) is 0 Å². The summed E-state index contributed by atoms with van der Waals surface area (Å²) in [6.07, 6.45) is 0.282. The second kappa shape index (κ2) is 5.93. The highest BCUT2D eigenvalue weighted by atomic mass is 19.4. The van der Waals surface area contributed by atoms with E-state index in [2.05, 4.69) is 10.4 Å². The first-order valence-electron chi connectivity index (χ1n) is 7.52. The molecule has 0 spiro atoms. The van der Waals surface area contributed by atoms with E-state index < -0.39 is 23.9 Å². The Bertz CT molecular complexity index is 531. The summed E-state index contributed by atoms with van der Waals surface area (Å²) in [6, 6.07) is 0. The van der Waals surface area contributed by atoms with E-state index >= 15 is 0 Å². The van der Waals surface area contributed by atoms with Gasteiger partial charge in [0.2, 0.25) is 5.91 Å². The fourth-order valence-electron chi connectivity index (χ4n) is 2.83. The van der Waals surface area contributed by atoms with Crippen molar-refractivity contribution < 1.29 is 18.0 Å². The van der Waals surface area contributed by atoms with Gasteiger partial charge in [-0.3, -0.25) is 9.48 Å². The van der Waals surface area contributed by atoms with Gasteiger partial charge < -0.3 is 5.32 Å². The number of aromatic nitrogens is 2. The maximum atomic E-state index is 13.1. The molecule has 1 aliphatic rings. The number of rotatable bonds is 2. The lowest BCUT2D eigenvalue weighted by atomic mass is 9.78. The van der Waals surface area contributed by atoms with Crippen LogP contribution in [-0.4, -0.2) is 21.9 Å². The molecule has 0 bridgehead atoms. The Kier molecular flexibility index (Phi) is 4.54. The number of carbonyl (C=O) groups excluding carboxylic acids is 1. The topological polar surface area (TPSA) is 46.9 Å². The number of nitrogens with one attached hydrogen (secondary N) is 1. The molecule has 22 heavy (non-hydrogen) atoms. The van der Waals surface area contributed by atoms with Gasteiger partial charge in [0.25, 0.3) is 0 Å². The number of halogens is 3. The summed E-state index contributed by atoms with van der Waals surface area (Å²) in [5.74, 6) is -3.11. The van der Waals surface area contributed by atoms with E-state index in [4.69, 9.17) is 0 Å². The Hall–Kier alpha value is -1.53. The fourth-order valence-corrected chi connectivity index (χ4v) is 2.83. The van der Waals surface area contributed by atoms with Gasteiger partial charge in [-0.1, -0.05) is 12.8 Å². The largest absolute Gasteiger partial charge is 0.392 e. The molecule has 0 aliphatic heterocycles. The predicted molar refractivity (Wildman–Crippen MR) is 77.4 cm³/mol. The third-order valence-corrected chi connectivity index (χ3v) is 4.06. The molecule has 1 aromatic heterocycles. The summed E-state index contributed by atoms with van der Waals surface area (Å²) < 4.78 is 40.8. The quantitative estimate of drug-likeness (QED) is 0.898. The smallest absolute Gasteiger partial charge is 0.323 e. The van der Waals surface area contributed by atoms with Crippen LogP contribution in [0.5, 0.6) is 0 Å². The Labute approximate surface area is 128 Å². The lowest BCUT2D eigenvalue weighted by molar-refractivity contribution is -0.197. The molecule has 1 aliphatic carbocycles. The molecule has 0 radical (unpaired) electrons. The Balaban J connectivity index is 2.09. The van der Waals surface area contributed by atoms with Crippen molar-refractivity contribution in [2.75, 3.05) is 5.32 Å². The van der Waals surface area contributed by atoms with Crippen LogP contribution in [0.1, 0.15) is 46.5 Å². The van der Waals surface area contributed by atoms with Gasteiger partial charge in [-0.15, -0.1) is 0 Å². The van der Waals surface area contributed by atoms with Gasteiger partial charge in [0, 0.05) is 12.1 Å². The fraction of sp³-hybridized carbons (Fsp3) is 0.733.